The fraction of sp³-hybridized carbons (Fsp3) is 0.538. The fourth-order valence-electron chi connectivity index (χ4n) is 2.03. The summed E-state index contributed by atoms with van der Waals surface area (Å²) in [6.07, 6.45) is 3.58. The van der Waals surface area contributed by atoms with Crippen LogP contribution < -0.4 is 5.32 Å². The summed E-state index contributed by atoms with van der Waals surface area (Å²) in [5.74, 6) is 0.554. The third kappa shape index (κ3) is 3.03. The first-order valence-electron chi connectivity index (χ1n) is 6.02. The molecule has 1 N–H and O–H groups in total. The number of carbonyl (C=O) groups excluding carboxylic acids is 1. The second-order valence-electron chi connectivity index (χ2n) is 4.53. The van der Waals surface area contributed by atoms with Crippen LogP contribution in [0, 0.1) is 12.8 Å². The van der Waals surface area contributed by atoms with Crippen LogP contribution in [-0.2, 0) is 9.53 Å². The molecule has 2 heterocycles. The Morgan fingerprint density at radius 1 is 1.53 bits per heavy atom. The molecule has 0 saturated carbocycles. The van der Waals surface area contributed by atoms with E-state index in [1.807, 2.05) is 26.0 Å². The lowest BCUT2D eigenvalue weighted by molar-refractivity contribution is -0.127. The van der Waals surface area contributed by atoms with Crippen molar-refractivity contribution in [2.75, 3.05) is 11.9 Å². The minimum Gasteiger partial charge on any atom is -0.378 e. The summed E-state index contributed by atoms with van der Waals surface area (Å²) in [5, 5.41) is 2.84. The zero-order valence-electron chi connectivity index (χ0n) is 10.3. The number of ether oxygens (including phenoxy) is 1. The quantitative estimate of drug-likeness (QED) is 0.853. The van der Waals surface area contributed by atoms with Crippen LogP contribution in [0.5, 0.6) is 0 Å². The molecule has 1 aromatic heterocycles. The molecule has 1 amide bonds. The Kier molecular flexibility index (Phi) is 3.74. The van der Waals surface area contributed by atoms with E-state index in [-0.39, 0.29) is 17.9 Å². The molecule has 4 nitrogen and oxygen atoms in total. The van der Waals surface area contributed by atoms with Gasteiger partial charge < -0.3 is 10.1 Å². The van der Waals surface area contributed by atoms with Crippen molar-refractivity contribution in [1.29, 1.82) is 0 Å². The van der Waals surface area contributed by atoms with E-state index in [1.54, 1.807) is 6.20 Å². The maximum absolute atomic E-state index is 12.0. The molecule has 0 spiro atoms. The number of pyridine rings is 1. The second kappa shape index (κ2) is 5.27. The molecule has 4 heteroatoms. The van der Waals surface area contributed by atoms with Gasteiger partial charge in [-0.25, -0.2) is 4.98 Å². The molecule has 1 saturated heterocycles. The number of aryl methyl sites for hydroxylation is 1. The van der Waals surface area contributed by atoms with E-state index in [9.17, 15) is 4.79 Å². The van der Waals surface area contributed by atoms with Gasteiger partial charge in [0.2, 0.25) is 5.91 Å². The van der Waals surface area contributed by atoms with Crippen LogP contribution in [0.4, 0.5) is 5.82 Å². The van der Waals surface area contributed by atoms with Gasteiger partial charge in [0.1, 0.15) is 5.82 Å². The summed E-state index contributed by atoms with van der Waals surface area (Å²) in [5.41, 5.74) is 1.08. The molecule has 0 aliphatic carbocycles. The van der Waals surface area contributed by atoms with Crippen molar-refractivity contribution in [3.63, 3.8) is 0 Å². The van der Waals surface area contributed by atoms with Crippen molar-refractivity contribution in [3.8, 4) is 0 Å². The molecule has 1 fully saturated rings. The summed E-state index contributed by atoms with van der Waals surface area (Å²) >= 11 is 0. The standard InChI is InChI=1S/C13H18N2O2/c1-9-5-6-12(14-8-9)15-13(16)11-4-3-7-17-10(11)2/h5-6,8,10-11H,3-4,7H2,1-2H3,(H,14,15,16)/t10-,11-/m0/s1. The minimum atomic E-state index is -0.0631. The molecule has 2 atom stereocenters. The van der Waals surface area contributed by atoms with E-state index in [1.165, 1.54) is 0 Å². The van der Waals surface area contributed by atoms with Crippen molar-refractivity contribution in [2.24, 2.45) is 5.92 Å². The van der Waals surface area contributed by atoms with E-state index < -0.39 is 0 Å². The van der Waals surface area contributed by atoms with Gasteiger partial charge in [-0.2, -0.15) is 0 Å². The summed E-state index contributed by atoms with van der Waals surface area (Å²) in [4.78, 5) is 16.2. The van der Waals surface area contributed by atoms with Crippen molar-refractivity contribution in [1.82, 2.24) is 4.98 Å². The van der Waals surface area contributed by atoms with Gasteiger partial charge in [-0.05, 0) is 38.3 Å². The van der Waals surface area contributed by atoms with Crippen molar-refractivity contribution in [3.05, 3.63) is 23.9 Å². The molecule has 0 unspecified atom stereocenters. The highest BCUT2D eigenvalue weighted by Gasteiger charge is 2.28. The number of anilines is 1. The zero-order valence-corrected chi connectivity index (χ0v) is 10.3. The smallest absolute Gasteiger partial charge is 0.231 e. The summed E-state index contributed by atoms with van der Waals surface area (Å²) in [6, 6.07) is 3.75. The van der Waals surface area contributed by atoms with Gasteiger partial charge >= 0.3 is 0 Å². The van der Waals surface area contributed by atoms with E-state index in [0.29, 0.717) is 5.82 Å². The number of nitrogens with zero attached hydrogens (tertiary/aromatic N) is 1. The highest BCUT2D eigenvalue weighted by molar-refractivity contribution is 5.92. The normalized spacial score (nSPS) is 24.4. The van der Waals surface area contributed by atoms with Crippen LogP contribution in [0.3, 0.4) is 0 Å². The predicted octanol–water partition coefficient (Wildman–Crippen LogP) is 2.14. The van der Waals surface area contributed by atoms with Crippen LogP contribution in [-0.4, -0.2) is 23.6 Å². The molecular formula is C13H18N2O2. The Morgan fingerprint density at radius 2 is 2.35 bits per heavy atom. The van der Waals surface area contributed by atoms with Gasteiger partial charge in [0.15, 0.2) is 0 Å². The number of carbonyl (C=O) groups is 1. The van der Waals surface area contributed by atoms with Crippen LogP contribution >= 0.6 is 0 Å². The first-order chi connectivity index (χ1) is 8.16. The van der Waals surface area contributed by atoms with Gasteiger partial charge in [-0.1, -0.05) is 6.07 Å². The lowest BCUT2D eigenvalue weighted by Crippen LogP contribution is -2.36. The highest BCUT2D eigenvalue weighted by Crippen LogP contribution is 2.21. The molecule has 1 aliphatic heterocycles. The Bertz CT molecular complexity index is 389. The fourth-order valence-corrected chi connectivity index (χ4v) is 2.03. The lowest BCUT2D eigenvalue weighted by atomic mass is 9.94. The van der Waals surface area contributed by atoms with Gasteiger partial charge in [0.25, 0.3) is 0 Å². The van der Waals surface area contributed by atoms with Crippen LogP contribution in [0.2, 0.25) is 0 Å². The van der Waals surface area contributed by atoms with E-state index in [0.717, 1.165) is 25.0 Å². The lowest BCUT2D eigenvalue weighted by Gasteiger charge is -2.27. The van der Waals surface area contributed by atoms with E-state index in [2.05, 4.69) is 10.3 Å². The number of hydrogen-bond acceptors (Lipinski definition) is 3. The van der Waals surface area contributed by atoms with Gasteiger partial charge in [-0.3, -0.25) is 4.79 Å². The summed E-state index contributed by atoms with van der Waals surface area (Å²) in [6.45, 7) is 4.68. The average Bonchev–Trinajstić information content (AvgIpc) is 2.32. The first-order valence-corrected chi connectivity index (χ1v) is 6.02. The second-order valence-corrected chi connectivity index (χ2v) is 4.53. The van der Waals surface area contributed by atoms with Gasteiger partial charge in [-0.15, -0.1) is 0 Å². The van der Waals surface area contributed by atoms with Crippen molar-refractivity contribution < 1.29 is 9.53 Å². The number of aromatic nitrogens is 1. The Morgan fingerprint density at radius 3 is 3.00 bits per heavy atom. The third-order valence-electron chi connectivity index (χ3n) is 3.11. The number of nitrogens with one attached hydrogen (secondary N) is 1. The zero-order chi connectivity index (χ0) is 12.3. The van der Waals surface area contributed by atoms with Crippen molar-refractivity contribution >= 4 is 11.7 Å². The molecule has 17 heavy (non-hydrogen) atoms. The van der Waals surface area contributed by atoms with Gasteiger partial charge in [0.05, 0.1) is 12.0 Å². The van der Waals surface area contributed by atoms with Crippen molar-refractivity contribution in [2.45, 2.75) is 32.8 Å². The molecule has 92 valence electrons. The Hall–Kier alpha value is -1.42. The van der Waals surface area contributed by atoms with E-state index >= 15 is 0 Å². The monoisotopic (exact) mass is 234 g/mol. The number of hydrogen-bond donors (Lipinski definition) is 1. The first kappa shape index (κ1) is 12.0. The summed E-state index contributed by atoms with van der Waals surface area (Å²) < 4.78 is 5.49. The number of amides is 1. The maximum Gasteiger partial charge on any atom is 0.231 e. The molecule has 2 rings (SSSR count). The van der Waals surface area contributed by atoms with E-state index in [4.69, 9.17) is 4.74 Å². The third-order valence-corrected chi connectivity index (χ3v) is 3.11. The van der Waals surface area contributed by atoms with Gasteiger partial charge in [0, 0.05) is 12.8 Å². The van der Waals surface area contributed by atoms with Crippen LogP contribution in [0.1, 0.15) is 25.3 Å². The SMILES string of the molecule is Cc1ccc(NC(=O)[C@H]2CCCO[C@H]2C)nc1. The highest BCUT2D eigenvalue weighted by atomic mass is 16.5. The average molecular weight is 234 g/mol. The largest absolute Gasteiger partial charge is 0.378 e. The molecular weight excluding hydrogens is 216 g/mol. The topological polar surface area (TPSA) is 51.2 Å². The Balaban J connectivity index is 1.98. The predicted molar refractivity (Wildman–Crippen MR) is 65.7 cm³/mol. The molecule has 1 aromatic rings. The molecule has 0 bridgehead atoms. The molecule has 0 aromatic carbocycles. The van der Waals surface area contributed by atoms with Crippen LogP contribution in [0.25, 0.3) is 0 Å². The summed E-state index contributed by atoms with van der Waals surface area (Å²) in [7, 11) is 0. The minimum absolute atomic E-state index is 0.00537. The maximum atomic E-state index is 12.0. The molecule has 1 aliphatic rings. The molecule has 0 radical (unpaired) electrons. The van der Waals surface area contributed by atoms with Crippen LogP contribution in [0.15, 0.2) is 18.3 Å². The Labute approximate surface area is 101 Å². The number of rotatable bonds is 2.